The molecule has 0 aliphatic heterocycles. The van der Waals surface area contributed by atoms with E-state index in [-0.39, 0.29) is 5.97 Å². The molecule has 16 heavy (non-hydrogen) atoms. The van der Waals surface area contributed by atoms with Crippen LogP contribution in [0.2, 0.25) is 0 Å². The van der Waals surface area contributed by atoms with Crippen molar-refractivity contribution >= 4 is 17.3 Å². The van der Waals surface area contributed by atoms with Crippen LogP contribution in [-0.2, 0) is 11.2 Å². The van der Waals surface area contributed by atoms with Crippen molar-refractivity contribution in [3.8, 4) is 0 Å². The maximum atomic E-state index is 11.5. The molecular weight excluding hydrogens is 222 g/mol. The SMILES string of the molecule is CCOC(=O)c1nc(CCC(C)C)sc1C. The lowest BCUT2D eigenvalue weighted by atomic mass is 10.1. The topological polar surface area (TPSA) is 39.2 Å². The summed E-state index contributed by atoms with van der Waals surface area (Å²) in [7, 11) is 0. The second kappa shape index (κ2) is 5.99. The Morgan fingerprint density at radius 1 is 1.50 bits per heavy atom. The lowest BCUT2D eigenvalue weighted by Gasteiger charge is -2.00. The van der Waals surface area contributed by atoms with Crippen molar-refractivity contribution in [2.24, 2.45) is 5.92 Å². The van der Waals surface area contributed by atoms with E-state index < -0.39 is 0 Å². The van der Waals surface area contributed by atoms with Crippen LogP contribution in [0.1, 0.15) is 47.6 Å². The average Bonchev–Trinajstić information content (AvgIpc) is 2.57. The van der Waals surface area contributed by atoms with Gasteiger partial charge in [0.25, 0.3) is 0 Å². The van der Waals surface area contributed by atoms with Crippen LogP contribution in [0.4, 0.5) is 0 Å². The minimum atomic E-state index is -0.299. The molecule has 0 bridgehead atoms. The molecule has 0 amide bonds. The number of rotatable bonds is 5. The Balaban J connectivity index is 2.69. The standard InChI is InChI=1S/C12H19NO2S/c1-5-15-12(14)11-9(4)16-10(13-11)7-6-8(2)3/h8H,5-7H2,1-4H3. The van der Waals surface area contributed by atoms with Gasteiger partial charge in [0.2, 0.25) is 0 Å². The molecule has 0 fully saturated rings. The Labute approximate surface area is 101 Å². The van der Waals surface area contributed by atoms with Gasteiger partial charge in [-0.05, 0) is 32.6 Å². The molecule has 0 radical (unpaired) electrons. The van der Waals surface area contributed by atoms with E-state index in [4.69, 9.17) is 4.74 Å². The van der Waals surface area contributed by atoms with E-state index in [1.54, 1.807) is 18.3 Å². The van der Waals surface area contributed by atoms with Crippen molar-refractivity contribution in [1.29, 1.82) is 0 Å². The first-order chi connectivity index (χ1) is 7.54. The molecule has 0 N–H and O–H groups in total. The summed E-state index contributed by atoms with van der Waals surface area (Å²) in [6.07, 6.45) is 2.05. The third-order valence-electron chi connectivity index (χ3n) is 2.25. The maximum Gasteiger partial charge on any atom is 0.358 e. The van der Waals surface area contributed by atoms with E-state index in [0.717, 1.165) is 22.7 Å². The summed E-state index contributed by atoms with van der Waals surface area (Å²) in [6.45, 7) is 8.50. The number of esters is 1. The highest BCUT2D eigenvalue weighted by Gasteiger charge is 2.16. The zero-order chi connectivity index (χ0) is 12.1. The van der Waals surface area contributed by atoms with Gasteiger partial charge in [-0.15, -0.1) is 11.3 Å². The summed E-state index contributed by atoms with van der Waals surface area (Å²) in [5, 5.41) is 1.04. The van der Waals surface area contributed by atoms with E-state index in [1.807, 2.05) is 6.92 Å². The van der Waals surface area contributed by atoms with Crippen LogP contribution >= 0.6 is 11.3 Å². The monoisotopic (exact) mass is 241 g/mol. The molecule has 1 heterocycles. The minimum Gasteiger partial charge on any atom is -0.461 e. The average molecular weight is 241 g/mol. The lowest BCUT2D eigenvalue weighted by molar-refractivity contribution is 0.0519. The fourth-order valence-corrected chi connectivity index (χ4v) is 2.30. The van der Waals surface area contributed by atoms with Crippen molar-refractivity contribution in [1.82, 2.24) is 4.98 Å². The van der Waals surface area contributed by atoms with Gasteiger partial charge in [0.05, 0.1) is 11.6 Å². The molecule has 3 nitrogen and oxygen atoms in total. The quantitative estimate of drug-likeness (QED) is 0.743. The maximum absolute atomic E-state index is 11.5. The Kier molecular flexibility index (Phi) is 4.93. The van der Waals surface area contributed by atoms with Crippen molar-refractivity contribution < 1.29 is 9.53 Å². The van der Waals surface area contributed by atoms with Crippen LogP contribution in [0, 0.1) is 12.8 Å². The molecule has 0 aliphatic carbocycles. The Morgan fingerprint density at radius 2 is 2.19 bits per heavy atom. The number of hydrogen-bond acceptors (Lipinski definition) is 4. The van der Waals surface area contributed by atoms with Gasteiger partial charge in [0.1, 0.15) is 0 Å². The normalized spacial score (nSPS) is 10.8. The third-order valence-corrected chi connectivity index (χ3v) is 3.28. The molecule has 0 saturated carbocycles. The van der Waals surface area contributed by atoms with Crippen LogP contribution in [0.5, 0.6) is 0 Å². The van der Waals surface area contributed by atoms with Crippen LogP contribution in [0.15, 0.2) is 0 Å². The number of thiazole rings is 1. The Morgan fingerprint density at radius 3 is 2.75 bits per heavy atom. The predicted octanol–water partition coefficient (Wildman–Crippen LogP) is 3.22. The van der Waals surface area contributed by atoms with Gasteiger partial charge in [0, 0.05) is 4.88 Å². The second-order valence-corrected chi connectivity index (χ2v) is 5.45. The zero-order valence-corrected chi connectivity index (χ0v) is 11.2. The zero-order valence-electron chi connectivity index (χ0n) is 10.4. The molecule has 0 spiro atoms. The second-order valence-electron chi connectivity index (χ2n) is 4.17. The van der Waals surface area contributed by atoms with E-state index in [1.165, 1.54) is 0 Å². The Hall–Kier alpha value is -0.900. The van der Waals surface area contributed by atoms with Crippen LogP contribution in [-0.4, -0.2) is 17.6 Å². The summed E-state index contributed by atoms with van der Waals surface area (Å²) >= 11 is 1.60. The molecule has 1 aromatic rings. The van der Waals surface area contributed by atoms with Gasteiger partial charge in [0.15, 0.2) is 5.69 Å². The summed E-state index contributed by atoms with van der Waals surface area (Å²) in [4.78, 5) is 16.8. The molecule has 4 heteroatoms. The molecule has 0 aliphatic rings. The number of aryl methyl sites for hydroxylation is 2. The first-order valence-corrected chi connectivity index (χ1v) is 6.49. The van der Waals surface area contributed by atoms with E-state index in [9.17, 15) is 4.79 Å². The highest BCUT2D eigenvalue weighted by molar-refractivity contribution is 7.11. The number of ether oxygens (including phenoxy) is 1. The van der Waals surface area contributed by atoms with Gasteiger partial charge >= 0.3 is 5.97 Å². The molecule has 1 rings (SSSR count). The fraction of sp³-hybridized carbons (Fsp3) is 0.667. The molecule has 0 atom stereocenters. The van der Waals surface area contributed by atoms with Crippen LogP contribution in [0.25, 0.3) is 0 Å². The molecule has 0 aromatic carbocycles. The molecular formula is C12H19NO2S. The van der Waals surface area contributed by atoms with E-state index in [0.29, 0.717) is 18.2 Å². The van der Waals surface area contributed by atoms with Crippen molar-refractivity contribution in [2.45, 2.75) is 40.5 Å². The summed E-state index contributed by atoms with van der Waals surface area (Å²) < 4.78 is 4.95. The Bertz CT molecular complexity index is 358. The number of nitrogens with zero attached hydrogens (tertiary/aromatic N) is 1. The summed E-state index contributed by atoms with van der Waals surface area (Å²) in [5.41, 5.74) is 0.491. The third kappa shape index (κ3) is 3.59. The van der Waals surface area contributed by atoms with Gasteiger partial charge in [-0.25, -0.2) is 9.78 Å². The summed E-state index contributed by atoms with van der Waals surface area (Å²) in [6, 6.07) is 0. The van der Waals surface area contributed by atoms with E-state index in [2.05, 4.69) is 18.8 Å². The highest BCUT2D eigenvalue weighted by atomic mass is 32.1. The minimum absolute atomic E-state index is 0.299. The summed E-state index contributed by atoms with van der Waals surface area (Å²) in [5.74, 6) is 0.363. The van der Waals surface area contributed by atoms with Gasteiger partial charge in [-0.1, -0.05) is 13.8 Å². The highest BCUT2D eigenvalue weighted by Crippen LogP contribution is 2.20. The molecule has 1 aromatic heterocycles. The number of carbonyl (C=O) groups excluding carboxylic acids is 1. The largest absolute Gasteiger partial charge is 0.461 e. The van der Waals surface area contributed by atoms with Crippen molar-refractivity contribution in [3.05, 3.63) is 15.6 Å². The first-order valence-electron chi connectivity index (χ1n) is 5.68. The van der Waals surface area contributed by atoms with Gasteiger partial charge in [-0.3, -0.25) is 0 Å². The molecule has 0 unspecified atom stereocenters. The number of hydrogen-bond donors (Lipinski definition) is 0. The van der Waals surface area contributed by atoms with Crippen LogP contribution in [0.3, 0.4) is 0 Å². The smallest absolute Gasteiger partial charge is 0.358 e. The van der Waals surface area contributed by atoms with Crippen molar-refractivity contribution in [3.63, 3.8) is 0 Å². The fourth-order valence-electron chi connectivity index (χ4n) is 1.36. The predicted molar refractivity (Wildman–Crippen MR) is 66.0 cm³/mol. The molecule has 90 valence electrons. The lowest BCUT2D eigenvalue weighted by Crippen LogP contribution is -2.06. The van der Waals surface area contributed by atoms with Gasteiger partial charge in [-0.2, -0.15) is 0 Å². The number of carbonyl (C=O) groups is 1. The number of aromatic nitrogens is 1. The van der Waals surface area contributed by atoms with Crippen molar-refractivity contribution in [2.75, 3.05) is 6.61 Å². The first kappa shape index (κ1) is 13.2. The van der Waals surface area contributed by atoms with Crippen LogP contribution < -0.4 is 0 Å². The van der Waals surface area contributed by atoms with Gasteiger partial charge < -0.3 is 4.74 Å². The van der Waals surface area contributed by atoms with E-state index >= 15 is 0 Å². The molecule has 0 saturated heterocycles.